The fraction of sp³-hybridized carbons (Fsp3) is 0.0556. The summed E-state index contributed by atoms with van der Waals surface area (Å²) in [7, 11) is 0. The highest BCUT2D eigenvalue weighted by Gasteiger charge is 2.18. The molecule has 0 fully saturated rings. The number of hydrogen-bond acceptors (Lipinski definition) is 5. The molecule has 3 heterocycles. The highest BCUT2D eigenvalue weighted by molar-refractivity contribution is 5.95. The number of rotatable bonds is 3. The molecule has 0 atom stereocenters. The van der Waals surface area contributed by atoms with E-state index in [1.807, 2.05) is 43.3 Å². The van der Waals surface area contributed by atoms with Crippen molar-refractivity contribution < 1.29 is 9.15 Å². The molecule has 4 aromatic rings. The lowest BCUT2D eigenvalue weighted by Gasteiger charge is -2.10. The number of fused-ring (bicyclic) bond motifs is 1. The first-order valence-electron chi connectivity index (χ1n) is 7.20. The zero-order valence-corrected chi connectivity index (χ0v) is 12.4. The average molecular weight is 303 g/mol. The second-order valence-electron chi connectivity index (χ2n) is 5.05. The zero-order valence-electron chi connectivity index (χ0n) is 12.4. The van der Waals surface area contributed by atoms with Gasteiger partial charge in [-0.2, -0.15) is 0 Å². The molecule has 4 rings (SSSR count). The van der Waals surface area contributed by atoms with Gasteiger partial charge in [-0.25, -0.2) is 4.98 Å². The monoisotopic (exact) mass is 303 g/mol. The highest BCUT2D eigenvalue weighted by Crippen LogP contribution is 2.36. The summed E-state index contributed by atoms with van der Waals surface area (Å²) in [6.45, 7) is 1.91. The average Bonchev–Trinajstić information content (AvgIpc) is 3.06. The van der Waals surface area contributed by atoms with Gasteiger partial charge in [0.2, 0.25) is 5.88 Å². The number of nitrogens with zero attached hydrogens (tertiary/aromatic N) is 3. The molecule has 0 radical (unpaired) electrons. The lowest BCUT2D eigenvalue weighted by Crippen LogP contribution is -1.96. The SMILES string of the molecule is Cc1nc(Oc2ccccc2)c2ccoc2c1-c1cnccn1. The van der Waals surface area contributed by atoms with Crippen molar-refractivity contribution in [2.24, 2.45) is 0 Å². The van der Waals surface area contributed by atoms with Crippen LogP contribution in [-0.4, -0.2) is 15.0 Å². The number of pyridine rings is 1. The van der Waals surface area contributed by atoms with Crippen LogP contribution in [0.25, 0.3) is 22.2 Å². The molecule has 5 heteroatoms. The van der Waals surface area contributed by atoms with E-state index in [0.29, 0.717) is 11.5 Å². The maximum atomic E-state index is 5.91. The van der Waals surface area contributed by atoms with E-state index >= 15 is 0 Å². The predicted octanol–water partition coefficient (Wildman–Crippen LogP) is 4.39. The van der Waals surface area contributed by atoms with Gasteiger partial charge in [0.15, 0.2) is 5.58 Å². The Labute approximate surface area is 132 Å². The fourth-order valence-electron chi connectivity index (χ4n) is 2.51. The van der Waals surface area contributed by atoms with Crippen molar-refractivity contribution in [2.45, 2.75) is 6.92 Å². The molecule has 0 aliphatic rings. The van der Waals surface area contributed by atoms with Gasteiger partial charge in [0.1, 0.15) is 5.75 Å². The lowest BCUT2D eigenvalue weighted by molar-refractivity contribution is 0.467. The molecule has 0 bridgehead atoms. The van der Waals surface area contributed by atoms with Crippen LogP contribution < -0.4 is 4.74 Å². The van der Waals surface area contributed by atoms with Crippen LogP contribution in [-0.2, 0) is 0 Å². The van der Waals surface area contributed by atoms with E-state index in [0.717, 1.165) is 28.1 Å². The molecule has 0 saturated heterocycles. The van der Waals surface area contributed by atoms with Gasteiger partial charge in [0.05, 0.1) is 34.8 Å². The van der Waals surface area contributed by atoms with Crippen molar-refractivity contribution in [2.75, 3.05) is 0 Å². The first-order valence-corrected chi connectivity index (χ1v) is 7.20. The first kappa shape index (κ1) is 13.5. The molecule has 1 aromatic carbocycles. The quantitative estimate of drug-likeness (QED) is 0.562. The molecule has 5 nitrogen and oxygen atoms in total. The molecule has 0 aliphatic heterocycles. The van der Waals surface area contributed by atoms with Gasteiger partial charge in [-0.15, -0.1) is 0 Å². The van der Waals surface area contributed by atoms with Gasteiger partial charge in [0.25, 0.3) is 0 Å². The van der Waals surface area contributed by atoms with Crippen molar-refractivity contribution in [1.82, 2.24) is 15.0 Å². The largest absolute Gasteiger partial charge is 0.463 e. The van der Waals surface area contributed by atoms with Crippen LogP contribution in [0.1, 0.15) is 5.69 Å². The summed E-state index contributed by atoms with van der Waals surface area (Å²) in [6.07, 6.45) is 6.61. The van der Waals surface area contributed by atoms with Gasteiger partial charge in [-0.1, -0.05) is 18.2 Å². The third kappa shape index (κ3) is 2.42. The Kier molecular flexibility index (Phi) is 3.24. The van der Waals surface area contributed by atoms with Gasteiger partial charge >= 0.3 is 0 Å². The molecule has 0 amide bonds. The first-order chi connectivity index (χ1) is 11.3. The Morgan fingerprint density at radius 3 is 2.70 bits per heavy atom. The molecule has 23 heavy (non-hydrogen) atoms. The number of para-hydroxylation sites is 1. The van der Waals surface area contributed by atoms with Gasteiger partial charge in [0, 0.05) is 12.4 Å². The summed E-state index contributed by atoms with van der Waals surface area (Å²) in [6, 6.07) is 11.4. The summed E-state index contributed by atoms with van der Waals surface area (Å²) in [4.78, 5) is 13.1. The van der Waals surface area contributed by atoms with Crippen molar-refractivity contribution >= 4 is 11.0 Å². The third-order valence-electron chi connectivity index (χ3n) is 3.53. The number of aromatic nitrogens is 3. The van der Waals surface area contributed by atoms with E-state index in [-0.39, 0.29) is 0 Å². The highest BCUT2D eigenvalue weighted by atomic mass is 16.5. The molecular formula is C18H13N3O2. The Bertz CT molecular complexity index is 950. The normalized spacial score (nSPS) is 10.8. The van der Waals surface area contributed by atoms with Crippen molar-refractivity contribution in [3.63, 3.8) is 0 Å². The zero-order chi connectivity index (χ0) is 15.6. The molecular weight excluding hydrogens is 290 g/mol. The number of benzene rings is 1. The number of ether oxygens (including phenoxy) is 1. The van der Waals surface area contributed by atoms with E-state index < -0.39 is 0 Å². The Morgan fingerprint density at radius 2 is 1.91 bits per heavy atom. The number of aryl methyl sites for hydroxylation is 1. The fourth-order valence-corrected chi connectivity index (χ4v) is 2.51. The summed E-state index contributed by atoms with van der Waals surface area (Å²) in [5.74, 6) is 1.25. The lowest BCUT2D eigenvalue weighted by atomic mass is 10.1. The maximum Gasteiger partial charge on any atom is 0.230 e. The molecule has 0 N–H and O–H groups in total. The summed E-state index contributed by atoms with van der Waals surface area (Å²) < 4.78 is 11.6. The standard InChI is InChI=1S/C18H13N3O2/c1-12-16(15-11-19-8-9-20-15)17-14(7-10-22-17)18(21-12)23-13-5-3-2-4-6-13/h2-11H,1H3. The topological polar surface area (TPSA) is 61.0 Å². The van der Waals surface area contributed by atoms with E-state index in [2.05, 4.69) is 15.0 Å². The van der Waals surface area contributed by atoms with Crippen LogP contribution in [0.2, 0.25) is 0 Å². The minimum atomic E-state index is 0.519. The van der Waals surface area contributed by atoms with Gasteiger partial charge < -0.3 is 9.15 Å². The number of hydrogen-bond donors (Lipinski definition) is 0. The molecule has 0 spiro atoms. The van der Waals surface area contributed by atoms with Gasteiger partial charge in [-0.3, -0.25) is 9.97 Å². The van der Waals surface area contributed by atoms with E-state index in [9.17, 15) is 0 Å². The van der Waals surface area contributed by atoms with Crippen LogP contribution >= 0.6 is 0 Å². The Morgan fingerprint density at radius 1 is 1.04 bits per heavy atom. The molecule has 3 aromatic heterocycles. The minimum Gasteiger partial charge on any atom is -0.463 e. The number of furan rings is 1. The van der Waals surface area contributed by atoms with E-state index in [1.54, 1.807) is 24.9 Å². The smallest absolute Gasteiger partial charge is 0.230 e. The van der Waals surface area contributed by atoms with E-state index in [4.69, 9.17) is 9.15 Å². The van der Waals surface area contributed by atoms with Crippen LogP contribution in [0.15, 0.2) is 65.7 Å². The Hall–Kier alpha value is -3.21. The van der Waals surface area contributed by atoms with Crippen LogP contribution in [0.4, 0.5) is 0 Å². The van der Waals surface area contributed by atoms with Crippen molar-refractivity contribution in [3.05, 3.63) is 66.9 Å². The summed E-state index contributed by atoms with van der Waals surface area (Å²) in [5.41, 5.74) is 3.03. The Balaban J connectivity index is 1.88. The predicted molar refractivity (Wildman–Crippen MR) is 86.3 cm³/mol. The molecule has 112 valence electrons. The third-order valence-corrected chi connectivity index (χ3v) is 3.53. The minimum absolute atomic E-state index is 0.519. The van der Waals surface area contributed by atoms with Crippen molar-refractivity contribution in [1.29, 1.82) is 0 Å². The van der Waals surface area contributed by atoms with Crippen LogP contribution in [0.3, 0.4) is 0 Å². The molecule has 0 aliphatic carbocycles. The van der Waals surface area contributed by atoms with Crippen LogP contribution in [0, 0.1) is 6.92 Å². The van der Waals surface area contributed by atoms with Crippen LogP contribution in [0.5, 0.6) is 11.6 Å². The second kappa shape index (κ2) is 5.53. The summed E-state index contributed by atoms with van der Waals surface area (Å²) >= 11 is 0. The molecule has 0 saturated carbocycles. The molecule has 0 unspecified atom stereocenters. The van der Waals surface area contributed by atoms with E-state index in [1.165, 1.54) is 0 Å². The second-order valence-corrected chi connectivity index (χ2v) is 5.05. The van der Waals surface area contributed by atoms with Crippen molar-refractivity contribution in [3.8, 4) is 22.9 Å². The summed E-state index contributed by atoms with van der Waals surface area (Å²) in [5, 5.41) is 0.806. The van der Waals surface area contributed by atoms with Gasteiger partial charge in [-0.05, 0) is 25.1 Å². The maximum absolute atomic E-state index is 5.91.